The van der Waals surface area contributed by atoms with Crippen LogP contribution in [-0.2, 0) is 0 Å². The molecule has 1 aromatic carbocycles. The summed E-state index contributed by atoms with van der Waals surface area (Å²) < 4.78 is 1.01. The van der Waals surface area contributed by atoms with Gasteiger partial charge in [0, 0.05) is 10.5 Å². The van der Waals surface area contributed by atoms with E-state index in [1.165, 1.54) is 0 Å². The summed E-state index contributed by atoms with van der Waals surface area (Å²) in [5, 5.41) is 6.88. The highest BCUT2D eigenvalue weighted by molar-refractivity contribution is 9.10. The fraction of sp³-hybridized carbons (Fsp3) is 0.300. The number of thiocarbonyl (C=S) groups is 1. The Labute approximate surface area is 98.2 Å². The Hall–Kier alpha value is -0.610. The number of hydrogen-bond donors (Lipinski definition) is 2. The van der Waals surface area contributed by atoms with Gasteiger partial charge in [-0.15, -0.1) is 0 Å². The van der Waals surface area contributed by atoms with E-state index in [-0.39, 0.29) is 0 Å². The van der Waals surface area contributed by atoms with Gasteiger partial charge in [0.2, 0.25) is 0 Å². The molecular formula is C10H13BrN2S. The van der Waals surface area contributed by atoms with Crippen molar-refractivity contribution in [3.05, 3.63) is 28.7 Å². The van der Waals surface area contributed by atoms with E-state index >= 15 is 0 Å². The highest BCUT2D eigenvalue weighted by Gasteiger charge is 2.01. The third kappa shape index (κ3) is 3.64. The van der Waals surface area contributed by atoms with E-state index in [1.54, 1.807) is 0 Å². The summed E-state index contributed by atoms with van der Waals surface area (Å²) >= 11 is 8.57. The normalized spacial score (nSPS) is 10.0. The lowest BCUT2D eigenvalue weighted by Gasteiger charge is -2.13. The maximum Gasteiger partial charge on any atom is 0.171 e. The van der Waals surface area contributed by atoms with Crippen LogP contribution in [-0.4, -0.2) is 11.2 Å². The molecule has 0 aliphatic carbocycles. The topological polar surface area (TPSA) is 24.1 Å². The van der Waals surface area contributed by atoms with Gasteiger partial charge in [-0.25, -0.2) is 0 Å². The van der Waals surface area contributed by atoms with Gasteiger partial charge in [-0.2, -0.15) is 0 Å². The van der Waals surface area contributed by atoms with Gasteiger partial charge in [-0.3, -0.25) is 0 Å². The number of para-hydroxylation sites is 1. The van der Waals surface area contributed by atoms with Gasteiger partial charge in [-0.05, 0) is 54.1 Å². The molecule has 1 aromatic rings. The van der Waals surface area contributed by atoms with Gasteiger partial charge in [0.05, 0.1) is 5.69 Å². The van der Waals surface area contributed by atoms with E-state index in [0.29, 0.717) is 11.2 Å². The van der Waals surface area contributed by atoms with Crippen molar-refractivity contribution < 1.29 is 0 Å². The summed E-state index contributed by atoms with van der Waals surface area (Å²) in [6, 6.07) is 8.22. The molecule has 14 heavy (non-hydrogen) atoms. The second-order valence-electron chi connectivity index (χ2n) is 3.23. The van der Waals surface area contributed by atoms with Crippen molar-refractivity contribution in [2.24, 2.45) is 0 Å². The largest absolute Gasteiger partial charge is 0.360 e. The van der Waals surface area contributed by atoms with Crippen molar-refractivity contribution >= 4 is 38.9 Å². The summed E-state index contributed by atoms with van der Waals surface area (Å²) in [7, 11) is 0. The van der Waals surface area contributed by atoms with E-state index in [2.05, 4.69) is 26.6 Å². The average Bonchev–Trinajstić information content (AvgIpc) is 2.07. The molecule has 0 saturated heterocycles. The third-order valence-electron chi connectivity index (χ3n) is 1.54. The fourth-order valence-electron chi connectivity index (χ4n) is 0.983. The standard InChI is InChI=1S/C10H13BrN2S/c1-7(2)12-10(14)13-9-6-4-3-5-8(9)11/h3-7H,1-2H3,(H2,12,13,14). The molecule has 0 saturated carbocycles. The maximum atomic E-state index is 5.13. The summed E-state index contributed by atoms with van der Waals surface area (Å²) in [5.41, 5.74) is 0.977. The van der Waals surface area contributed by atoms with Crippen molar-refractivity contribution in [1.29, 1.82) is 0 Å². The molecule has 2 N–H and O–H groups in total. The van der Waals surface area contributed by atoms with Crippen LogP contribution in [0.15, 0.2) is 28.7 Å². The van der Waals surface area contributed by atoms with Gasteiger partial charge in [0.25, 0.3) is 0 Å². The summed E-state index contributed by atoms with van der Waals surface area (Å²) in [6.45, 7) is 4.10. The molecule has 0 unspecified atom stereocenters. The minimum Gasteiger partial charge on any atom is -0.360 e. The van der Waals surface area contributed by atoms with Crippen molar-refractivity contribution in [3.63, 3.8) is 0 Å². The number of rotatable bonds is 2. The number of benzene rings is 1. The second kappa shape index (κ2) is 5.32. The molecule has 0 radical (unpaired) electrons. The minimum absolute atomic E-state index is 0.345. The van der Waals surface area contributed by atoms with Gasteiger partial charge in [0.1, 0.15) is 0 Å². The maximum absolute atomic E-state index is 5.13. The Balaban J connectivity index is 2.61. The van der Waals surface area contributed by atoms with Gasteiger partial charge in [-0.1, -0.05) is 12.1 Å². The van der Waals surface area contributed by atoms with Gasteiger partial charge < -0.3 is 10.6 Å². The van der Waals surface area contributed by atoms with Crippen molar-refractivity contribution in [2.45, 2.75) is 19.9 Å². The molecule has 0 amide bonds. The first-order valence-corrected chi connectivity index (χ1v) is 5.62. The lowest BCUT2D eigenvalue weighted by atomic mass is 10.3. The molecule has 0 atom stereocenters. The molecule has 1 rings (SSSR count). The molecule has 0 bridgehead atoms. The van der Waals surface area contributed by atoms with E-state index in [1.807, 2.05) is 38.1 Å². The van der Waals surface area contributed by atoms with E-state index < -0.39 is 0 Å². The number of hydrogen-bond acceptors (Lipinski definition) is 1. The third-order valence-corrected chi connectivity index (χ3v) is 2.45. The molecule has 0 aliphatic rings. The highest BCUT2D eigenvalue weighted by atomic mass is 79.9. The van der Waals surface area contributed by atoms with Crippen LogP contribution >= 0.6 is 28.1 Å². The monoisotopic (exact) mass is 272 g/mol. The van der Waals surface area contributed by atoms with Crippen LogP contribution in [0.25, 0.3) is 0 Å². The summed E-state index contributed by atoms with van der Waals surface area (Å²) in [6.07, 6.45) is 0. The lowest BCUT2D eigenvalue weighted by molar-refractivity contribution is 0.739. The first kappa shape index (κ1) is 11.5. The molecule has 0 aromatic heterocycles. The van der Waals surface area contributed by atoms with Crippen LogP contribution in [0.5, 0.6) is 0 Å². The smallest absolute Gasteiger partial charge is 0.171 e. The molecule has 0 fully saturated rings. The van der Waals surface area contributed by atoms with Crippen molar-refractivity contribution in [3.8, 4) is 0 Å². The zero-order valence-electron chi connectivity index (χ0n) is 8.17. The number of nitrogens with one attached hydrogen (secondary N) is 2. The summed E-state index contributed by atoms with van der Waals surface area (Å²) in [4.78, 5) is 0. The van der Waals surface area contributed by atoms with Crippen molar-refractivity contribution in [1.82, 2.24) is 5.32 Å². The van der Waals surface area contributed by atoms with Crippen LogP contribution in [0.4, 0.5) is 5.69 Å². The Morgan fingerprint density at radius 1 is 1.36 bits per heavy atom. The fourth-order valence-corrected chi connectivity index (χ4v) is 1.71. The molecule has 2 nitrogen and oxygen atoms in total. The number of anilines is 1. The zero-order chi connectivity index (χ0) is 10.6. The van der Waals surface area contributed by atoms with E-state index in [9.17, 15) is 0 Å². The SMILES string of the molecule is CC(C)NC(=S)Nc1ccccc1Br. The Morgan fingerprint density at radius 3 is 2.57 bits per heavy atom. The minimum atomic E-state index is 0.345. The Morgan fingerprint density at radius 2 is 2.00 bits per heavy atom. The number of halogens is 1. The molecule has 4 heteroatoms. The predicted molar refractivity (Wildman–Crippen MR) is 68.6 cm³/mol. The molecule has 0 aliphatic heterocycles. The first-order valence-electron chi connectivity index (χ1n) is 4.41. The first-order chi connectivity index (χ1) is 6.59. The second-order valence-corrected chi connectivity index (χ2v) is 4.50. The van der Waals surface area contributed by atoms with Crippen molar-refractivity contribution in [2.75, 3.05) is 5.32 Å². The quantitative estimate of drug-likeness (QED) is 0.809. The van der Waals surface area contributed by atoms with E-state index in [4.69, 9.17) is 12.2 Å². The van der Waals surface area contributed by atoms with Crippen LogP contribution in [0, 0.1) is 0 Å². The van der Waals surface area contributed by atoms with Crippen LogP contribution in [0.3, 0.4) is 0 Å². The highest BCUT2D eigenvalue weighted by Crippen LogP contribution is 2.20. The average molecular weight is 273 g/mol. The molecule has 0 spiro atoms. The lowest BCUT2D eigenvalue weighted by Crippen LogP contribution is -2.33. The van der Waals surface area contributed by atoms with Crippen LogP contribution in [0.1, 0.15) is 13.8 Å². The molecule has 76 valence electrons. The molecular weight excluding hydrogens is 260 g/mol. The van der Waals surface area contributed by atoms with Crippen LogP contribution < -0.4 is 10.6 Å². The van der Waals surface area contributed by atoms with Crippen LogP contribution in [0.2, 0.25) is 0 Å². The Kier molecular flexibility index (Phi) is 4.35. The summed E-state index contributed by atoms with van der Waals surface area (Å²) in [5.74, 6) is 0. The van der Waals surface area contributed by atoms with E-state index in [0.717, 1.165) is 10.2 Å². The molecule has 0 heterocycles. The zero-order valence-corrected chi connectivity index (χ0v) is 10.6. The predicted octanol–water partition coefficient (Wildman–Crippen LogP) is 3.14. The Bertz CT molecular complexity index is 326. The van der Waals surface area contributed by atoms with Gasteiger partial charge >= 0.3 is 0 Å². The van der Waals surface area contributed by atoms with Gasteiger partial charge in [0.15, 0.2) is 5.11 Å².